The molecule has 24 heavy (non-hydrogen) atoms. The molecule has 5 nitrogen and oxygen atoms in total. The number of halogens is 3. The summed E-state index contributed by atoms with van der Waals surface area (Å²) in [5, 5.41) is 8.11. The van der Waals surface area contributed by atoms with Crippen LogP contribution in [0.5, 0.6) is 0 Å². The molecule has 8 heteroatoms. The normalized spacial score (nSPS) is 10.8. The summed E-state index contributed by atoms with van der Waals surface area (Å²) < 4.78 is 46.7. The molecule has 0 saturated carbocycles. The third-order valence-corrected chi connectivity index (χ3v) is 3.46. The summed E-state index contributed by atoms with van der Waals surface area (Å²) in [7, 11) is 0. The molecule has 0 spiro atoms. The monoisotopic (exact) mass is 335 g/mol. The molecule has 2 aromatic carbocycles. The van der Waals surface area contributed by atoms with Gasteiger partial charge in [-0.05, 0) is 36.2 Å². The first-order valence-corrected chi connectivity index (χ1v) is 7.09. The van der Waals surface area contributed by atoms with Crippen LogP contribution >= 0.6 is 0 Å². The van der Waals surface area contributed by atoms with Crippen LogP contribution in [0.3, 0.4) is 0 Å². The lowest BCUT2D eigenvalue weighted by Gasteiger charge is -2.13. The molecule has 0 unspecified atom stereocenters. The third kappa shape index (κ3) is 2.90. The first-order chi connectivity index (χ1) is 11.5. The maximum Gasteiger partial charge on any atom is 0.434 e. The molecule has 3 aromatic rings. The molecular weight excluding hydrogens is 323 g/mol. The zero-order chi connectivity index (χ0) is 17.3. The van der Waals surface area contributed by atoms with Crippen LogP contribution in [0.25, 0.3) is 11.5 Å². The van der Waals surface area contributed by atoms with E-state index >= 15 is 0 Å². The van der Waals surface area contributed by atoms with Crippen LogP contribution in [0.15, 0.2) is 39.5 Å². The molecule has 2 N–H and O–H groups in total. The van der Waals surface area contributed by atoms with Crippen LogP contribution < -0.4 is 11.1 Å². The molecule has 0 amide bonds. The first-order valence-electron chi connectivity index (χ1n) is 7.09. The fourth-order valence-electron chi connectivity index (χ4n) is 2.21. The van der Waals surface area contributed by atoms with Crippen LogP contribution in [-0.2, 0) is 6.42 Å². The smallest absolute Gasteiger partial charge is 0.388 e. The lowest BCUT2D eigenvalue weighted by atomic mass is 10.1. The highest BCUT2D eigenvalue weighted by molar-refractivity contribution is 5.77. The summed E-state index contributed by atoms with van der Waals surface area (Å²) in [6.07, 6.45) is 0.634. The van der Waals surface area contributed by atoms with Gasteiger partial charge in [0, 0.05) is 0 Å². The highest BCUT2D eigenvalue weighted by atomic mass is 19.2. The quantitative estimate of drug-likeness (QED) is 0.762. The molecule has 3 rings (SSSR count). The van der Waals surface area contributed by atoms with E-state index in [0.717, 1.165) is 11.6 Å². The number of anilines is 2. The number of aromatic amines is 1. The second kappa shape index (κ2) is 6.23. The topological polar surface area (TPSA) is 70.9 Å². The number of H-pyrrole nitrogens is 1. The second-order valence-corrected chi connectivity index (χ2v) is 4.99. The van der Waals surface area contributed by atoms with E-state index in [1.54, 1.807) is 6.07 Å². The average molecular weight is 335 g/mol. The number of rotatable bonds is 4. The summed E-state index contributed by atoms with van der Waals surface area (Å²) >= 11 is 0. The van der Waals surface area contributed by atoms with Gasteiger partial charge in [0.05, 0.1) is 16.9 Å². The average Bonchev–Trinajstić information content (AvgIpc) is 2.99. The van der Waals surface area contributed by atoms with Crippen molar-refractivity contribution in [1.82, 2.24) is 10.2 Å². The number of nitrogens with one attached hydrogen (secondary N) is 2. The number of hydrogen-bond donors (Lipinski definition) is 2. The van der Waals surface area contributed by atoms with E-state index in [1.165, 1.54) is 18.2 Å². The lowest BCUT2D eigenvalue weighted by Crippen LogP contribution is -2.02. The van der Waals surface area contributed by atoms with Gasteiger partial charge in [0.15, 0.2) is 11.6 Å². The van der Waals surface area contributed by atoms with Crippen LogP contribution in [-0.4, -0.2) is 10.2 Å². The molecular formula is C16H12F3N3O2. The van der Waals surface area contributed by atoms with Gasteiger partial charge >= 0.3 is 5.76 Å². The van der Waals surface area contributed by atoms with Gasteiger partial charge in [-0.15, -0.1) is 5.10 Å². The van der Waals surface area contributed by atoms with Crippen molar-refractivity contribution >= 4 is 11.4 Å². The molecule has 0 bridgehead atoms. The van der Waals surface area contributed by atoms with Crippen molar-refractivity contribution in [3.05, 3.63) is 63.9 Å². The van der Waals surface area contributed by atoms with Gasteiger partial charge in [-0.25, -0.2) is 23.1 Å². The molecule has 0 aliphatic rings. The Labute approximate surface area is 134 Å². The predicted octanol–water partition coefficient (Wildman–Crippen LogP) is 3.75. The van der Waals surface area contributed by atoms with Crippen LogP contribution in [0.1, 0.15) is 12.5 Å². The number of nitrogens with zero attached hydrogens (tertiary/aromatic N) is 1. The zero-order valence-corrected chi connectivity index (χ0v) is 12.5. The van der Waals surface area contributed by atoms with Gasteiger partial charge in [0.25, 0.3) is 5.89 Å². The number of benzene rings is 2. The maximum atomic E-state index is 14.2. The minimum atomic E-state index is -1.24. The summed E-state index contributed by atoms with van der Waals surface area (Å²) in [4.78, 5) is 11.1. The summed E-state index contributed by atoms with van der Waals surface area (Å²) in [6.45, 7) is 1.87. The van der Waals surface area contributed by atoms with Crippen molar-refractivity contribution in [2.24, 2.45) is 0 Å². The SMILES string of the molecule is CCc1ccc(Nc2c(-c3n[nH]c(=O)o3)ccc(F)c2F)c(F)c1. The largest absolute Gasteiger partial charge is 0.434 e. The molecule has 124 valence electrons. The summed E-state index contributed by atoms with van der Waals surface area (Å²) in [5.74, 6) is -4.08. The van der Waals surface area contributed by atoms with Crippen molar-refractivity contribution in [2.75, 3.05) is 5.32 Å². The third-order valence-electron chi connectivity index (χ3n) is 3.46. The van der Waals surface area contributed by atoms with E-state index in [-0.39, 0.29) is 22.8 Å². The Balaban J connectivity index is 2.10. The minimum absolute atomic E-state index is 0.0220. The highest BCUT2D eigenvalue weighted by Gasteiger charge is 2.19. The zero-order valence-electron chi connectivity index (χ0n) is 12.5. The molecule has 0 saturated heterocycles. The van der Waals surface area contributed by atoms with Crippen molar-refractivity contribution in [1.29, 1.82) is 0 Å². The van der Waals surface area contributed by atoms with E-state index in [0.29, 0.717) is 6.42 Å². The van der Waals surface area contributed by atoms with Gasteiger partial charge < -0.3 is 9.73 Å². The van der Waals surface area contributed by atoms with Gasteiger partial charge in [-0.2, -0.15) is 0 Å². The highest BCUT2D eigenvalue weighted by Crippen LogP contribution is 2.33. The number of hydrogen-bond acceptors (Lipinski definition) is 4. The van der Waals surface area contributed by atoms with E-state index in [2.05, 4.69) is 10.4 Å². The first kappa shape index (κ1) is 15.9. The van der Waals surface area contributed by atoms with Crippen LogP contribution in [0.2, 0.25) is 0 Å². The molecule has 1 heterocycles. The molecule has 0 fully saturated rings. The molecule has 0 aliphatic heterocycles. The molecule has 1 aromatic heterocycles. The Morgan fingerprint density at radius 3 is 2.58 bits per heavy atom. The maximum absolute atomic E-state index is 14.2. The number of aromatic nitrogens is 2. The van der Waals surface area contributed by atoms with E-state index < -0.39 is 23.2 Å². The van der Waals surface area contributed by atoms with Gasteiger partial charge in [-0.3, -0.25) is 0 Å². The van der Waals surface area contributed by atoms with E-state index in [4.69, 9.17) is 4.42 Å². The van der Waals surface area contributed by atoms with Crippen molar-refractivity contribution < 1.29 is 17.6 Å². The Morgan fingerprint density at radius 2 is 1.96 bits per heavy atom. The Hall–Kier alpha value is -3.03. The van der Waals surface area contributed by atoms with E-state index in [9.17, 15) is 18.0 Å². The standard InChI is InChI=1S/C16H12F3N3O2/c1-2-8-3-6-12(11(18)7-8)20-14-9(4-5-10(17)13(14)19)15-21-22-16(23)24-15/h3-7,20H,2H2,1H3,(H,22,23). The minimum Gasteiger partial charge on any atom is -0.388 e. The van der Waals surface area contributed by atoms with Crippen molar-refractivity contribution in [3.8, 4) is 11.5 Å². The van der Waals surface area contributed by atoms with Crippen molar-refractivity contribution in [2.45, 2.75) is 13.3 Å². The van der Waals surface area contributed by atoms with Gasteiger partial charge in [0.2, 0.25) is 0 Å². The fourth-order valence-corrected chi connectivity index (χ4v) is 2.21. The van der Waals surface area contributed by atoms with E-state index in [1.807, 2.05) is 12.0 Å². The Kier molecular flexibility index (Phi) is 4.11. The fraction of sp³-hybridized carbons (Fsp3) is 0.125. The molecule has 0 atom stereocenters. The van der Waals surface area contributed by atoms with Crippen LogP contribution in [0.4, 0.5) is 24.5 Å². The Bertz CT molecular complexity index is 950. The summed E-state index contributed by atoms with van der Waals surface area (Å²) in [5.41, 5.74) is 0.312. The molecule has 0 aliphatic carbocycles. The van der Waals surface area contributed by atoms with Gasteiger partial charge in [0.1, 0.15) is 5.82 Å². The number of aryl methyl sites for hydroxylation is 1. The van der Waals surface area contributed by atoms with Crippen molar-refractivity contribution in [3.63, 3.8) is 0 Å². The molecule has 0 radical (unpaired) electrons. The van der Waals surface area contributed by atoms with Crippen LogP contribution in [0, 0.1) is 17.5 Å². The predicted molar refractivity (Wildman–Crippen MR) is 81.5 cm³/mol. The second-order valence-electron chi connectivity index (χ2n) is 4.99. The van der Waals surface area contributed by atoms with Gasteiger partial charge in [-0.1, -0.05) is 13.0 Å². The Morgan fingerprint density at radius 1 is 1.17 bits per heavy atom. The lowest BCUT2D eigenvalue weighted by molar-refractivity contribution is 0.508. The summed E-state index contributed by atoms with van der Waals surface area (Å²) in [6, 6.07) is 6.42.